The number of nitrogens with zero attached hydrogens (tertiary/aromatic N) is 2. The number of hydrogen-bond acceptors (Lipinski definition) is 6. The number of carbonyl (C=O) groups excluding carboxylic acids is 1. The molecule has 0 radical (unpaired) electrons. The SMILES string of the molecule is CC(C)(C)Nc1nc(N[C@H]2CCC[C@@H](O)C2)ncc1C(N)=O. The van der Waals surface area contributed by atoms with Gasteiger partial charge in [0, 0.05) is 17.8 Å². The number of aliphatic hydroxyl groups excluding tert-OH is 1. The van der Waals surface area contributed by atoms with E-state index in [1.165, 1.54) is 6.20 Å². The molecule has 0 unspecified atom stereocenters. The molecule has 0 saturated heterocycles. The second-order valence-corrected chi connectivity index (χ2v) is 6.86. The van der Waals surface area contributed by atoms with Crippen molar-refractivity contribution in [2.24, 2.45) is 5.73 Å². The maximum absolute atomic E-state index is 11.5. The van der Waals surface area contributed by atoms with Gasteiger partial charge in [-0.25, -0.2) is 4.98 Å². The van der Waals surface area contributed by atoms with Crippen molar-refractivity contribution in [1.29, 1.82) is 0 Å². The van der Waals surface area contributed by atoms with Crippen LogP contribution in [0.5, 0.6) is 0 Å². The van der Waals surface area contributed by atoms with Crippen molar-refractivity contribution in [3.8, 4) is 0 Å². The van der Waals surface area contributed by atoms with Gasteiger partial charge in [-0.05, 0) is 46.5 Å². The second kappa shape index (κ2) is 6.48. The third-order valence-corrected chi connectivity index (χ3v) is 3.53. The van der Waals surface area contributed by atoms with Gasteiger partial charge in [-0.1, -0.05) is 0 Å². The Balaban J connectivity index is 2.18. The number of nitrogens with one attached hydrogen (secondary N) is 2. The summed E-state index contributed by atoms with van der Waals surface area (Å²) in [5.41, 5.74) is 5.39. The van der Waals surface area contributed by atoms with Gasteiger partial charge in [0.2, 0.25) is 5.95 Å². The van der Waals surface area contributed by atoms with Gasteiger partial charge in [0.05, 0.1) is 11.7 Å². The Morgan fingerprint density at radius 1 is 1.41 bits per heavy atom. The molecule has 0 aliphatic heterocycles. The van der Waals surface area contributed by atoms with Gasteiger partial charge in [0.25, 0.3) is 5.91 Å². The van der Waals surface area contributed by atoms with Crippen molar-refractivity contribution in [3.05, 3.63) is 11.8 Å². The fraction of sp³-hybridized carbons (Fsp3) is 0.667. The van der Waals surface area contributed by atoms with Gasteiger partial charge >= 0.3 is 0 Å². The smallest absolute Gasteiger partial charge is 0.254 e. The molecular weight excluding hydrogens is 282 g/mol. The molecule has 122 valence electrons. The van der Waals surface area contributed by atoms with E-state index in [4.69, 9.17) is 5.73 Å². The van der Waals surface area contributed by atoms with Crippen LogP contribution < -0.4 is 16.4 Å². The molecule has 1 saturated carbocycles. The molecule has 7 nitrogen and oxygen atoms in total. The van der Waals surface area contributed by atoms with E-state index < -0.39 is 5.91 Å². The van der Waals surface area contributed by atoms with E-state index >= 15 is 0 Å². The van der Waals surface area contributed by atoms with E-state index in [9.17, 15) is 9.90 Å². The molecule has 0 aromatic carbocycles. The zero-order valence-corrected chi connectivity index (χ0v) is 13.4. The molecule has 1 aromatic rings. The zero-order valence-electron chi connectivity index (χ0n) is 13.4. The fourth-order valence-corrected chi connectivity index (χ4v) is 2.56. The molecule has 2 atom stereocenters. The minimum Gasteiger partial charge on any atom is -0.393 e. The lowest BCUT2D eigenvalue weighted by molar-refractivity contribution is 0.100. The van der Waals surface area contributed by atoms with Crippen molar-refractivity contribution < 1.29 is 9.90 Å². The summed E-state index contributed by atoms with van der Waals surface area (Å²) >= 11 is 0. The van der Waals surface area contributed by atoms with Crippen molar-refractivity contribution in [2.45, 2.75) is 64.1 Å². The highest BCUT2D eigenvalue weighted by Crippen LogP contribution is 2.23. The Morgan fingerprint density at radius 3 is 2.73 bits per heavy atom. The maximum Gasteiger partial charge on any atom is 0.254 e. The number of amides is 1. The first-order chi connectivity index (χ1) is 10.2. The van der Waals surface area contributed by atoms with Gasteiger partial charge in [-0.15, -0.1) is 0 Å². The molecule has 22 heavy (non-hydrogen) atoms. The van der Waals surface area contributed by atoms with Crippen LogP contribution in [0.1, 0.15) is 56.8 Å². The third-order valence-electron chi connectivity index (χ3n) is 3.53. The largest absolute Gasteiger partial charge is 0.393 e. The topological polar surface area (TPSA) is 113 Å². The highest BCUT2D eigenvalue weighted by atomic mass is 16.3. The molecule has 1 aromatic heterocycles. The Hall–Kier alpha value is -1.89. The van der Waals surface area contributed by atoms with E-state index in [-0.39, 0.29) is 23.2 Å². The van der Waals surface area contributed by atoms with Crippen LogP contribution in [0.15, 0.2) is 6.20 Å². The molecule has 7 heteroatoms. The predicted octanol–water partition coefficient (Wildman–Crippen LogP) is 1.50. The Labute approximate surface area is 130 Å². The van der Waals surface area contributed by atoms with Crippen LogP contribution in [0.4, 0.5) is 11.8 Å². The summed E-state index contributed by atoms with van der Waals surface area (Å²) < 4.78 is 0. The monoisotopic (exact) mass is 307 g/mol. The van der Waals surface area contributed by atoms with Crippen LogP contribution in [-0.2, 0) is 0 Å². The Morgan fingerprint density at radius 2 is 2.14 bits per heavy atom. The van der Waals surface area contributed by atoms with Gasteiger partial charge in [-0.2, -0.15) is 4.98 Å². The molecule has 1 fully saturated rings. The first-order valence-electron chi connectivity index (χ1n) is 7.64. The number of nitrogens with two attached hydrogens (primary N) is 1. The number of aliphatic hydroxyl groups is 1. The second-order valence-electron chi connectivity index (χ2n) is 6.86. The van der Waals surface area contributed by atoms with E-state index in [0.717, 1.165) is 19.3 Å². The van der Waals surface area contributed by atoms with Gasteiger partial charge < -0.3 is 21.5 Å². The van der Waals surface area contributed by atoms with Crippen LogP contribution in [0.3, 0.4) is 0 Å². The third kappa shape index (κ3) is 4.56. The van der Waals surface area contributed by atoms with Crippen molar-refractivity contribution >= 4 is 17.7 Å². The van der Waals surface area contributed by atoms with Crippen LogP contribution >= 0.6 is 0 Å². The summed E-state index contributed by atoms with van der Waals surface area (Å²) in [4.78, 5) is 20.0. The lowest BCUT2D eigenvalue weighted by Crippen LogP contribution is -2.32. The zero-order chi connectivity index (χ0) is 16.3. The fourth-order valence-electron chi connectivity index (χ4n) is 2.56. The predicted molar refractivity (Wildman–Crippen MR) is 85.8 cm³/mol. The molecule has 0 bridgehead atoms. The van der Waals surface area contributed by atoms with E-state index in [2.05, 4.69) is 20.6 Å². The first kappa shape index (κ1) is 16.5. The molecule has 0 spiro atoms. The van der Waals surface area contributed by atoms with Gasteiger partial charge in [0.15, 0.2) is 0 Å². The minimum atomic E-state index is -0.564. The van der Waals surface area contributed by atoms with Crippen molar-refractivity contribution in [2.75, 3.05) is 10.6 Å². The van der Waals surface area contributed by atoms with Gasteiger partial charge in [-0.3, -0.25) is 4.79 Å². The molecule has 5 N–H and O–H groups in total. The average Bonchev–Trinajstić information content (AvgIpc) is 2.36. The van der Waals surface area contributed by atoms with E-state index in [1.54, 1.807) is 0 Å². The van der Waals surface area contributed by atoms with E-state index in [1.807, 2.05) is 20.8 Å². The van der Waals surface area contributed by atoms with Crippen molar-refractivity contribution in [1.82, 2.24) is 9.97 Å². The molecule has 1 aliphatic carbocycles. The first-order valence-corrected chi connectivity index (χ1v) is 7.64. The highest BCUT2D eigenvalue weighted by molar-refractivity contribution is 5.97. The summed E-state index contributed by atoms with van der Waals surface area (Å²) in [5, 5.41) is 16.1. The quantitative estimate of drug-likeness (QED) is 0.670. The van der Waals surface area contributed by atoms with Crippen LogP contribution in [0.2, 0.25) is 0 Å². The molecule has 1 aliphatic rings. The summed E-state index contributed by atoms with van der Waals surface area (Å²) in [7, 11) is 0. The molecule has 1 heterocycles. The number of rotatable bonds is 4. The number of primary amides is 1. The van der Waals surface area contributed by atoms with Gasteiger partial charge in [0.1, 0.15) is 5.82 Å². The highest BCUT2D eigenvalue weighted by Gasteiger charge is 2.22. The number of hydrogen-bond donors (Lipinski definition) is 4. The standard InChI is InChI=1S/C15H25N5O2/c1-15(2,3)20-13-11(12(16)22)8-17-14(19-13)18-9-5-4-6-10(21)7-9/h8-10,21H,4-7H2,1-3H3,(H2,16,22)(H2,17,18,19,20)/t9-,10+/m0/s1. The molecule has 2 rings (SSSR count). The Kier molecular flexibility index (Phi) is 4.85. The van der Waals surface area contributed by atoms with Crippen LogP contribution in [0.25, 0.3) is 0 Å². The normalized spacial score (nSPS) is 22.2. The van der Waals surface area contributed by atoms with Crippen molar-refractivity contribution in [3.63, 3.8) is 0 Å². The van der Waals surface area contributed by atoms with Crippen LogP contribution in [-0.4, -0.2) is 38.7 Å². The summed E-state index contributed by atoms with van der Waals surface area (Å²) in [6.45, 7) is 5.93. The minimum absolute atomic E-state index is 0.144. The lowest BCUT2D eigenvalue weighted by Gasteiger charge is -2.27. The summed E-state index contributed by atoms with van der Waals surface area (Å²) in [5.74, 6) is 0.302. The van der Waals surface area contributed by atoms with E-state index in [0.29, 0.717) is 18.2 Å². The Bertz CT molecular complexity index is 541. The molecule has 1 amide bonds. The lowest BCUT2D eigenvalue weighted by atomic mass is 9.93. The van der Waals surface area contributed by atoms with Crippen LogP contribution in [0, 0.1) is 0 Å². The number of anilines is 2. The molecular formula is C15H25N5O2. The number of carbonyl (C=O) groups is 1. The average molecular weight is 307 g/mol. The summed E-state index contributed by atoms with van der Waals surface area (Å²) in [6, 6.07) is 0.144. The maximum atomic E-state index is 11.5. The number of aromatic nitrogens is 2. The summed E-state index contributed by atoms with van der Waals surface area (Å²) in [6.07, 6.45) is 4.64.